The Morgan fingerprint density at radius 3 is 1.91 bits per heavy atom. The molecule has 1 aromatic carbocycles. The lowest BCUT2D eigenvalue weighted by atomic mass is 10.3. The van der Waals surface area contributed by atoms with Crippen molar-refractivity contribution >= 4 is 17.5 Å². The lowest BCUT2D eigenvalue weighted by Crippen LogP contribution is -2.37. The van der Waals surface area contributed by atoms with Gasteiger partial charge in [-0.3, -0.25) is 4.79 Å². The fourth-order valence-corrected chi connectivity index (χ4v) is 2.28. The fourth-order valence-electron chi connectivity index (χ4n) is 2.11. The number of para-hydroxylation sites is 2. The molecule has 0 spiro atoms. The van der Waals surface area contributed by atoms with Crippen molar-refractivity contribution in [2.45, 2.75) is 0 Å². The van der Waals surface area contributed by atoms with E-state index in [0.29, 0.717) is 64.2 Å². The first-order valence-corrected chi connectivity index (χ1v) is 8.18. The first-order chi connectivity index (χ1) is 11.3. The van der Waals surface area contributed by atoms with Crippen molar-refractivity contribution < 1.29 is 23.7 Å². The molecule has 0 N–H and O–H groups in total. The van der Waals surface area contributed by atoms with Crippen LogP contribution in [0.3, 0.4) is 0 Å². The molecule has 1 aromatic rings. The van der Waals surface area contributed by atoms with Crippen molar-refractivity contribution in [3.8, 4) is 11.5 Å². The van der Waals surface area contributed by atoms with Crippen LogP contribution in [0, 0.1) is 0 Å². The Bertz CT molecular complexity index is 450. The summed E-state index contributed by atoms with van der Waals surface area (Å²) < 4.78 is 22.3. The number of nitrogens with zero attached hydrogens (tertiary/aromatic N) is 1. The number of hydrogen-bond acceptors (Lipinski definition) is 5. The summed E-state index contributed by atoms with van der Waals surface area (Å²) in [5.74, 6) is 1.21. The molecule has 0 atom stereocenters. The van der Waals surface area contributed by atoms with Crippen LogP contribution in [0.4, 0.5) is 0 Å². The highest BCUT2D eigenvalue weighted by molar-refractivity contribution is 6.27. The van der Waals surface area contributed by atoms with Crippen LogP contribution in [0.1, 0.15) is 0 Å². The molecule has 1 amide bonds. The SMILES string of the molecule is O=C(CCl)N1CCOCCOc2ccccc2OCCOCC1. The summed E-state index contributed by atoms with van der Waals surface area (Å²) in [6.07, 6.45) is 0. The molecule has 7 heteroatoms. The quantitative estimate of drug-likeness (QED) is 0.724. The van der Waals surface area contributed by atoms with Crippen LogP contribution >= 0.6 is 11.6 Å². The molecule has 0 aliphatic carbocycles. The van der Waals surface area contributed by atoms with Gasteiger partial charge in [0.05, 0.1) is 26.4 Å². The molecule has 0 unspecified atom stereocenters. The van der Waals surface area contributed by atoms with Crippen molar-refractivity contribution in [3.63, 3.8) is 0 Å². The number of fused-ring (bicyclic) bond motifs is 1. The molecule has 0 radical (unpaired) electrons. The van der Waals surface area contributed by atoms with Gasteiger partial charge in [0.2, 0.25) is 5.91 Å². The summed E-state index contributed by atoms with van der Waals surface area (Å²) in [6.45, 7) is 3.56. The van der Waals surface area contributed by atoms with Gasteiger partial charge < -0.3 is 23.8 Å². The summed E-state index contributed by atoms with van der Waals surface area (Å²) in [7, 11) is 0. The first-order valence-electron chi connectivity index (χ1n) is 7.65. The predicted molar refractivity (Wildman–Crippen MR) is 86.4 cm³/mol. The van der Waals surface area contributed by atoms with Gasteiger partial charge in [0.15, 0.2) is 11.5 Å². The summed E-state index contributed by atoms with van der Waals surface area (Å²) >= 11 is 5.62. The minimum absolute atomic E-state index is 0.0401. The minimum atomic E-state index is -0.122. The molecule has 1 aliphatic heterocycles. The molecule has 128 valence electrons. The highest BCUT2D eigenvalue weighted by Gasteiger charge is 2.12. The van der Waals surface area contributed by atoms with E-state index in [1.807, 2.05) is 24.3 Å². The Morgan fingerprint density at radius 2 is 1.43 bits per heavy atom. The van der Waals surface area contributed by atoms with E-state index in [2.05, 4.69) is 0 Å². The van der Waals surface area contributed by atoms with Gasteiger partial charge in [0, 0.05) is 13.1 Å². The van der Waals surface area contributed by atoms with Crippen molar-refractivity contribution in [2.24, 2.45) is 0 Å². The molecule has 0 fully saturated rings. The standard InChI is InChI=1S/C16H22ClNO5/c17-13-16(19)18-5-7-20-9-11-22-14-3-1-2-4-15(14)23-12-10-21-8-6-18/h1-4H,5-13H2. The average molecular weight is 344 g/mol. The van der Waals surface area contributed by atoms with Gasteiger partial charge in [0.25, 0.3) is 0 Å². The number of carbonyl (C=O) groups excluding carboxylic acids is 1. The monoisotopic (exact) mass is 343 g/mol. The third kappa shape index (κ3) is 6.25. The maximum Gasteiger partial charge on any atom is 0.237 e. The highest BCUT2D eigenvalue weighted by atomic mass is 35.5. The summed E-state index contributed by atoms with van der Waals surface area (Å²) in [6, 6.07) is 7.50. The van der Waals surface area contributed by atoms with Crippen LogP contribution in [0.15, 0.2) is 24.3 Å². The smallest absolute Gasteiger partial charge is 0.237 e. The molecule has 0 aromatic heterocycles. The zero-order valence-electron chi connectivity index (χ0n) is 13.0. The highest BCUT2D eigenvalue weighted by Crippen LogP contribution is 2.26. The van der Waals surface area contributed by atoms with E-state index in [0.717, 1.165) is 0 Å². The van der Waals surface area contributed by atoms with E-state index < -0.39 is 0 Å². The number of benzene rings is 1. The molecule has 0 saturated carbocycles. The summed E-state index contributed by atoms with van der Waals surface area (Å²) in [5.41, 5.74) is 0. The van der Waals surface area contributed by atoms with Crippen molar-refractivity contribution in [3.05, 3.63) is 24.3 Å². The molecule has 0 bridgehead atoms. The third-order valence-corrected chi connectivity index (χ3v) is 3.53. The largest absolute Gasteiger partial charge is 0.487 e. The van der Waals surface area contributed by atoms with E-state index in [4.69, 9.17) is 30.5 Å². The second kappa shape index (κ2) is 10.3. The van der Waals surface area contributed by atoms with Gasteiger partial charge >= 0.3 is 0 Å². The minimum Gasteiger partial charge on any atom is -0.487 e. The van der Waals surface area contributed by atoms with Gasteiger partial charge in [0.1, 0.15) is 19.1 Å². The molecule has 1 heterocycles. The molecule has 6 nitrogen and oxygen atoms in total. The second-order valence-electron chi connectivity index (χ2n) is 4.88. The number of rotatable bonds is 1. The topological polar surface area (TPSA) is 57.2 Å². The van der Waals surface area contributed by atoms with Crippen LogP contribution in [0.5, 0.6) is 11.5 Å². The van der Waals surface area contributed by atoms with Gasteiger partial charge in [-0.2, -0.15) is 0 Å². The number of carbonyl (C=O) groups is 1. The van der Waals surface area contributed by atoms with Crippen LogP contribution in [0.2, 0.25) is 0 Å². The first kappa shape index (κ1) is 17.8. The zero-order valence-corrected chi connectivity index (χ0v) is 13.8. The normalized spacial score (nSPS) is 17.9. The van der Waals surface area contributed by atoms with Gasteiger partial charge in [-0.05, 0) is 12.1 Å². The molecular formula is C16H22ClNO5. The zero-order chi connectivity index (χ0) is 16.3. The van der Waals surface area contributed by atoms with Crippen LogP contribution in [-0.4, -0.2) is 69.4 Å². The number of ether oxygens (including phenoxy) is 4. The Kier molecular flexibility index (Phi) is 8.00. The van der Waals surface area contributed by atoms with Gasteiger partial charge in [-0.15, -0.1) is 11.6 Å². The van der Waals surface area contributed by atoms with Gasteiger partial charge in [-0.25, -0.2) is 0 Å². The van der Waals surface area contributed by atoms with Crippen LogP contribution in [-0.2, 0) is 14.3 Å². The Hall–Kier alpha value is -1.50. The number of alkyl halides is 1. The Labute approximate surface area is 141 Å². The van der Waals surface area contributed by atoms with E-state index in [-0.39, 0.29) is 11.8 Å². The maximum absolute atomic E-state index is 11.7. The summed E-state index contributed by atoms with van der Waals surface area (Å²) in [5, 5.41) is 0. The van der Waals surface area contributed by atoms with E-state index in [1.165, 1.54) is 0 Å². The fraction of sp³-hybridized carbons (Fsp3) is 0.562. The molecule has 23 heavy (non-hydrogen) atoms. The average Bonchev–Trinajstić information content (AvgIpc) is 2.59. The second-order valence-corrected chi connectivity index (χ2v) is 5.15. The third-order valence-electron chi connectivity index (χ3n) is 3.30. The van der Waals surface area contributed by atoms with Gasteiger partial charge in [-0.1, -0.05) is 12.1 Å². The number of hydrogen-bond donors (Lipinski definition) is 0. The summed E-state index contributed by atoms with van der Waals surface area (Å²) in [4.78, 5) is 13.4. The molecule has 2 rings (SSSR count). The Morgan fingerprint density at radius 1 is 0.913 bits per heavy atom. The van der Waals surface area contributed by atoms with Crippen LogP contribution in [0.25, 0.3) is 0 Å². The predicted octanol–water partition coefficient (Wildman–Crippen LogP) is 1.56. The van der Waals surface area contributed by atoms with E-state index >= 15 is 0 Å². The van der Waals surface area contributed by atoms with Crippen molar-refractivity contribution in [2.75, 3.05) is 58.6 Å². The Balaban J connectivity index is 1.90. The van der Waals surface area contributed by atoms with Crippen molar-refractivity contribution in [1.29, 1.82) is 0 Å². The number of halogens is 1. The molecular weight excluding hydrogens is 322 g/mol. The lowest BCUT2D eigenvalue weighted by Gasteiger charge is -2.21. The van der Waals surface area contributed by atoms with E-state index in [9.17, 15) is 4.79 Å². The molecule has 0 saturated heterocycles. The van der Waals surface area contributed by atoms with Crippen LogP contribution < -0.4 is 9.47 Å². The van der Waals surface area contributed by atoms with E-state index in [1.54, 1.807) is 4.90 Å². The molecule has 1 aliphatic rings. The number of amides is 1. The van der Waals surface area contributed by atoms with Crippen molar-refractivity contribution in [1.82, 2.24) is 4.90 Å². The lowest BCUT2D eigenvalue weighted by molar-refractivity contribution is -0.130. The maximum atomic E-state index is 11.7.